The van der Waals surface area contributed by atoms with Crippen molar-refractivity contribution < 1.29 is 27.1 Å². The Labute approximate surface area is 171 Å². The Bertz CT molecular complexity index is 698. The van der Waals surface area contributed by atoms with Crippen molar-refractivity contribution in [3.8, 4) is 5.75 Å². The number of ether oxygens (including phenoxy) is 2. The van der Waals surface area contributed by atoms with E-state index in [0.717, 1.165) is 19.3 Å². The molecule has 0 radical (unpaired) electrons. The second kappa shape index (κ2) is 13.8. The number of carbonyl (C=O) groups is 1. The van der Waals surface area contributed by atoms with Crippen LogP contribution in [0.25, 0.3) is 0 Å². The molecule has 160 valence electrons. The summed E-state index contributed by atoms with van der Waals surface area (Å²) < 4.78 is 49.9. The molecule has 28 heavy (non-hydrogen) atoms. The average Bonchev–Trinajstić information content (AvgIpc) is 2.67. The monoisotopic (exact) mass is 435 g/mol. The van der Waals surface area contributed by atoms with Crippen molar-refractivity contribution in [3.05, 3.63) is 24.0 Å². The van der Waals surface area contributed by atoms with Gasteiger partial charge in [0.25, 0.3) is 0 Å². The summed E-state index contributed by atoms with van der Waals surface area (Å²) in [6, 6.07) is 4.39. The van der Waals surface area contributed by atoms with E-state index in [1.165, 1.54) is 43.8 Å². The highest BCUT2D eigenvalue weighted by atomic mass is 32.2. The molecule has 0 fully saturated rings. The van der Waals surface area contributed by atoms with Gasteiger partial charge in [-0.15, -0.1) is 11.8 Å². The number of sulfonamides is 1. The van der Waals surface area contributed by atoms with Crippen LogP contribution in [0.2, 0.25) is 0 Å². The molecule has 0 saturated carbocycles. The minimum absolute atomic E-state index is 0.0330. The second-order valence-corrected chi connectivity index (χ2v) is 9.38. The third-order valence-corrected chi connectivity index (χ3v) is 6.40. The van der Waals surface area contributed by atoms with E-state index in [0.29, 0.717) is 17.1 Å². The van der Waals surface area contributed by atoms with Crippen LogP contribution in [-0.2, 0) is 19.6 Å². The smallest absolute Gasteiger partial charge is 0.343 e. The van der Waals surface area contributed by atoms with Crippen molar-refractivity contribution in [2.24, 2.45) is 0 Å². The van der Waals surface area contributed by atoms with E-state index < -0.39 is 21.8 Å². The SMILES string of the molecule is CCCCCCCCS(=O)(=O)NCCSc1ccc(OCC(=O)OC)c(F)c1. The molecule has 0 saturated heterocycles. The molecule has 0 amide bonds. The van der Waals surface area contributed by atoms with Crippen LogP contribution in [0.3, 0.4) is 0 Å². The third-order valence-electron chi connectivity index (χ3n) is 3.94. The summed E-state index contributed by atoms with van der Waals surface area (Å²) in [5.74, 6) is -0.583. The van der Waals surface area contributed by atoms with Crippen LogP contribution in [0.5, 0.6) is 5.75 Å². The number of esters is 1. The van der Waals surface area contributed by atoms with Crippen LogP contribution in [0.4, 0.5) is 4.39 Å². The maximum atomic E-state index is 14.0. The van der Waals surface area contributed by atoms with Gasteiger partial charge in [0.05, 0.1) is 12.9 Å². The quantitative estimate of drug-likeness (QED) is 0.257. The summed E-state index contributed by atoms with van der Waals surface area (Å²) in [5, 5.41) is 0. The van der Waals surface area contributed by atoms with Crippen LogP contribution < -0.4 is 9.46 Å². The van der Waals surface area contributed by atoms with Crippen LogP contribution in [0, 0.1) is 5.82 Å². The van der Waals surface area contributed by atoms with Crippen molar-refractivity contribution in [1.82, 2.24) is 4.72 Å². The fourth-order valence-corrected chi connectivity index (χ4v) is 4.46. The molecular formula is C19H30FNO5S2. The fraction of sp³-hybridized carbons (Fsp3) is 0.632. The number of carbonyl (C=O) groups excluding carboxylic acids is 1. The van der Waals surface area contributed by atoms with Crippen LogP contribution in [0.1, 0.15) is 45.4 Å². The summed E-state index contributed by atoms with van der Waals surface area (Å²) in [5.41, 5.74) is 0. The summed E-state index contributed by atoms with van der Waals surface area (Å²) in [6.45, 7) is 2.07. The number of halogens is 1. The van der Waals surface area contributed by atoms with E-state index in [1.807, 2.05) is 0 Å². The third kappa shape index (κ3) is 10.9. The molecule has 0 bridgehead atoms. The van der Waals surface area contributed by atoms with E-state index in [2.05, 4.69) is 16.4 Å². The molecule has 0 spiro atoms. The normalized spacial score (nSPS) is 11.4. The van der Waals surface area contributed by atoms with Gasteiger partial charge in [0.2, 0.25) is 10.0 Å². The lowest BCUT2D eigenvalue weighted by Crippen LogP contribution is -2.28. The molecule has 0 unspecified atom stereocenters. The van der Waals surface area contributed by atoms with E-state index in [9.17, 15) is 17.6 Å². The minimum Gasteiger partial charge on any atom is -0.479 e. The van der Waals surface area contributed by atoms with Gasteiger partial charge in [-0.2, -0.15) is 0 Å². The van der Waals surface area contributed by atoms with E-state index in [-0.39, 0.29) is 24.7 Å². The largest absolute Gasteiger partial charge is 0.479 e. The van der Waals surface area contributed by atoms with Gasteiger partial charge in [0.15, 0.2) is 18.2 Å². The van der Waals surface area contributed by atoms with Gasteiger partial charge in [0, 0.05) is 17.2 Å². The first-order valence-electron chi connectivity index (χ1n) is 9.47. The summed E-state index contributed by atoms with van der Waals surface area (Å²) in [6.07, 6.45) is 6.20. The molecule has 6 nitrogen and oxygen atoms in total. The highest BCUT2D eigenvalue weighted by Gasteiger charge is 2.10. The van der Waals surface area contributed by atoms with Gasteiger partial charge in [0.1, 0.15) is 0 Å². The molecule has 1 rings (SSSR count). The van der Waals surface area contributed by atoms with Gasteiger partial charge in [-0.25, -0.2) is 22.3 Å². The number of thioether (sulfide) groups is 1. The van der Waals surface area contributed by atoms with Crippen molar-refractivity contribution in [3.63, 3.8) is 0 Å². The molecule has 0 atom stereocenters. The van der Waals surface area contributed by atoms with E-state index >= 15 is 0 Å². The lowest BCUT2D eigenvalue weighted by atomic mass is 10.1. The Morgan fingerprint density at radius 1 is 1.18 bits per heavy atom. The molecule has 0 aliphatic rings. The zero-order chi connectivity index (χ0) is 20.8. The number of nitrogens with one attached hydrogen (secondary N) is 1. The zero-order valence-electron chi connectivity index (χ0n) is 16.5. The lowest BCUT2D eigenvalue weighted by Gasteiger charge is -2.09. The maximum Gasteiger partial charge on any atom is 0.343 e. The molecule has 0 aliphatic carbocycles. The molecule has 1 N–H and O–H groups in total. The van der Waals surface area contributed by atoms with Crippen molar-refractivity contribution >= 4 is 27.8 Å². The molecule has 9 heteroatoms. The Morgan fingerprint density at radius 3 is 2.57 bits per heavy atom. The predicted octanol–water partition coefficient (Wildman–Crippen LogP) is 3.75. The number of unbranched alkanes of at least 4 members (excludes halogenated alkanes) is 5. The van der Waals surface area contributed by atoms with Crippen molar-refractivity contribution in [2.45, 2.75) is 50.3 Å². The maximum absolute atomic E-state index is 14.0. The van der Waals surface area contributed by atoms with Crippen LogP contribution in [-0.4, -0.2) is 46.2 Å². The number of rotatable bonds is 15. The summed E-state index contributed by atoms with van der Waals surface area (Å²) >= 11 is 1.34. The van der Waals surface area contributed by atoms with Gasteiger partial charge in [-0.1, -0.05) is 39.0 Å². The van der Waals surface area contributed by atoms with Gasteiger partial charge in [-0.05, 0) is 24.6 Å². The number of hydrogen-bond donors (Lipinski definition) is 1. The van der Waals surface area contributed by atoms with E-state index in [4.69, 9.17) is 4.74 Å². The van der Waals surface area contributed by atoms with Gasteiger partial charge < -0.3 is 9.47 Å². The molecule has 0 aromatic heterocycles. The van der Waals surface area contributed by atoms with Crippen LogP contribution in [0.15, 0.2) is 23.1 Å². The predicted molar refractivity (Wildman–Crippen MR) is 110 cm³/mol. The Kier molecular flexibility index (Phi) is 12.2. The fourth-order valence-electron chi connectivity index (χ4n) is 2.39. The average molecular weight is 436 g/mol. The Morgan fingerprint density at radius 2 is 1.89 bits per heavy atom. The molecule has 0 heterocycles. The van der Waals surface area contributed by atoms with E-state index in [1.54, 1.807) is 6.07 Å². The van der Waals surface area contributed by atoms with Crippen LogP contribution >= 0.6 is 11.8 Å². The number of hydrogen-bond acceptors (Lipinski definition) is 6. The summed E-state index contributed by atoms with van der Waals surface area (Å²) in [7, 11) is -2.04. The molecule has 0 aliphatic heterocycles. The highest BCUT2D eigenvalue weighted by molar-refractivity contribution is 7.99. The second-order valence-electron chi connectivity index (χ2n) is 6.29. The first kappa shape index (κ1) is 24.7. The number of methoxy groups -OCH3 is 1. The van der Waals surface area contributed by atoms with Crippen molar-refractivity contribution in [2.75, 3.05) is 31.8 Å². The Hall–Kier alpha value is -1.32. The topological polar surface area (TPSA) is 81.7 Å². The first-order valence-corrected chi connectivity index (χ1v) is 12.1. The standard InChI is InChI=1S/C19H30FNO5S2/c1-3-4-5-6-7-8-13-28(23,24)21-11-12-27-16-9-10-18(17(20)14-16)26-15-19(22)25-2/h9-10,14,21H,3-8,11-13,15H2,1-2H3. The zero-order valence-corrected chi connectivity index (χ0v) is 18.2. The minimum atomic E-state index is -3.26. The molecular weight excluding hydrogens is 405 g/mol. The molecule has 1 aromatic carbocycles. The van der Waals surface area contributed by atoms with Crippen molar-refractivity contribution in [1.29, 1.82) is 0 Å². The highest BCUT2D eigenvalue weighted by Crippen LogP contribution is 2.24. The number of benzene rings is 1. The first-order chi connectivity index (χ1) is 13.4. The Balaban J connectivity index is 2.27. The lowest BCUT2D eigenvalue weighted by molar-refractivity contribution is -0.142. The van der Waals surface area contributed by atoms with Gasteiger partial charge >= 0.3 is 5.97 Å². The summed E-state index contributed by atoms with van der Waals surface area (Å²) in [4.78, 5) is 11.7. The molecule has 1 aromatic rings. The van der Waals surface area contributed by atoms with Gasteiger partial charge in [-0.3, -0.25) is 0 Å².